The molecule has 9 nitrogen and oxygen atoms in total. The molecule has 25 heavy (non-hydrogen) atoms. The maximum absolute atomic E-state index is 10.6. The fourth-order valence-corrected chi connectivity index (χ4v) is 1.50. The molecule has 0 atom stereocenters. The molecule has 0 unspecified atom stereocenters. The minimum atomic E-state index is -5.08. The van der Waals surface area contributed by atoms with Crippen LogP contribution in [0.5, 0.6) is 0 Å². The van der Waals surface area contributed by atoms with Crippen molar-refractivity contribution < 1.29 is 36.3 Å². The molecule has 1 rings (SSSR count). The number of halogens is 3. The van der Waals surface area contributed by atoms with E-state index in [1.807, 2.05) is 0 Å². The molecule has 13 heteroatoms. The number of carbonyl (C=O) groups is 2. The number of hydrogen-bond acceptors (Lipinski definition) is 6. The van der Waals surface area contributed by atoms with E-state index in [4.69, 9.17) is 21.4 Å². The second-order valence-corrected chi connectivity index (χ2v) is 5.72. The maximum atomic E-state index is 10.6. The summed E-state index contributed by atoms with van der Waals surface area (Å²) < 4.78 is 55.7. The first-order chi connectivity index (χ1) is 11.4. The fourth-order valence-electron chi connectivity index (χ4n) is 0.973. The van der Waals surface area contributed by atoms with Crippen LogP contribution in [0.4, 0.5) is 13.2 Å². The second-order valence-electron chi connectivity index (χ2n) is 4.25. The summed E-state index contributed by atoms with van der Waals surface area (Å²) in [5, 5.41) is 11.3. The lowest BCUT2D eigenvalue weighted by Gasteiger charge is -1.93. The molecule has 0 aromatic carbocycles. The Hall–Kier alpha value is -2.28. The Bertz CT molecular complexity index is 578. The smallest absolute Gasteiger partial charge is 0.475 e. The average Bonchev–Trinajstić information content (AvgIpc) is 2.67. The number of primary amides is 1. The number of amides is 1. The van der Waals surface area contributed by atoms with Crippen molar-refractivity contribution in [2.75, 3.05) is 6.54 Å². The highest BCUT2D eigenvalue weighted by Gasteiger charge is 2.38. The van der Waals surface area contributed by atoms with Crippen LogP contribution in [0.25, 0.3) is 0 Å². The number of unbranched alkanes of at least 4 members (excludes halogenated alkanes) is 2. The summed E-state index contributed by atoms with van der Waals surface area (Å²) in [6.45, 7) is 0.707. The topological polar surface area (TPSA) is 165 Å². The highest BCUT2D eigenvalue weighted by Crippen LogP contribution is 2.13. The molecule has 0 aromatic heterocycles. The number of carboxylic acids is 1. The standard InChI is InChI=1S/C6H14N2O.C4H4N2O2S.C2HF3O2/c7-5-3-1-2-4-6(8)9;7-9(8)4-2-1-3-5-6-9;3-2(4,5)1(6)7/h1-5,7H2,(H2,8,9);1-4H;(H,6,7). The van der Waals surface area contributed by atoms with Gasteiger partial charge in [0.25, 0.3) is 10.0 Å². The van der Waals surface area contributed by atoms with Crippen LogP contribution in [0, 0.1) is 0 Å². The van der Waals surface area contributed by atoms with Crippen molar-refractivity contribution in [2.45, 2.75) is 31.9 Å². The zero-order chi connectivity index (χ0) is 19.9. The molecule has 0 aromatic rings. The number of carbonyl (C=O) groups excluding carboxylic acids is 1. The summed E-state index contributed by atoms with van der Waals surface area (Å²) in [5.74, 6) is -2.97. The number of nitrogens with two attached hydrogens (primary N) is 2. The zero-order valence-electron chi connectivity index (χ0n) is 13.0. The quantitative estimate of drug-likeness (QED) is 0.603. The largest absolute Gasteiger partial charge is 0.490 e. The van der Waals surface area contributed by atoms with Gasteiger partial charge in [0, 0.05) is 6.42 Å². The Kier molecular flexibility index (Phi) is 13.0. The highest BCUT2D eigenvalue weighted by atomic mass is 32.2. The molecule has 0 saturated carbocycles. The lowest BCUT2D eigenvalue weighted by molar-refractivity contribution is -0.192. The molecule has 1 aliphatic rings. The summed E-state index contributed by atoms with van der Waals surface area (Å²) in [6.07, 6.45) is 2.48. The van der Waals surface area contributed by atoms with E-state index in [0.717, 1.165) is 24.7 Å². The molecule has 1 heterocycles. The van der Waals surface area contributed by atoms with Crippen molar-refractivity contribution in [1.29, 1.82) is 0 Å². The van der Waals surface area contributed by atoms with Gasteiger partial charge in [-0.2, -0.15) is 21.6 Å². The van der Waals surface area contributed by atoms with Crippen LogP contribution in [0.3, 0.4) is 0 Å². The van der Waals surface area contributed by atoms with E-state index in [1.165, 1.54) is 18.4 Å². The van der Waals surface area contributed by atoms with E-state index < -0.39 is 22.2 Å². The van der Waals surface area contributed by atoms with Gasteiger partial charge < -0.3 is 16.6 Å². The van der Waals surface area contributed by atoms with Gasteiger partial charge in [0.1, 0.15) is 0 Å². The van der Waals surface area contributed by atoms with Gasteiger partial charge in [-0.1, -0.05) is 10.9 Å². The normalized spacial score (nSPS) is 14.4. The predicted octanol–water partition coefficient (Wildman–Crippen LogP) is 1.43. The fraction of sp³-hybridized carbons (Fsp3) is 0.500. The maximum Gasteiger partial charge on any atom is 0.490 e. The van der Waals surface area contributed by atoms with Gasteiger partial charge >= 0.3 is 12.1 Å². The van der Waals surface area contributed by atoms with Gasteiger partial charge in [-0.15, -0.1) is 5.11 Å². The van der Waals surface area contributed by atoms with Crippen molar-refractivity contribution in [3.63, 3.8) is 0 Å². The predicted molar refractivity (Wildman–Crippen MR) is 82.5 cm³/mol. The second kappa shape index (κ2) is 13.1. The van der Waals surface area contributed by atoms with E-state index in [-0.39, 0.29) is 5.91 Å². The van der Waals surface area contributed by atoms with Gasteiger partial charge in [-0.3, -0.25) is 4.79 Å². The molecule has 0 spiro atoms. The Labute approximate surface area is 142 Å². The number of allylic oxidation sites excluding steroid dienone is 2. The monoisotopic (exact) mass is 388 g/mol. The van der Waals surface area contributed by atoms with Crippen molar-refractivity contribution in [3.8, 4) is 0 Å². The summed E-state index contributed by atoms with van der Waals surface area (Å²) in [4.78, 5) is 19.0. The van der Waals surface area contributed by atoms with Gasteiger partial charge in [-0.25, -0.2) is 4.79 Å². The number of rotatable bonds is 5. The van der Waals surface area contributed by atoms with Crippen molar-refractivity contribution >= 4 is 21.9 Å². The van der Waals surface area contributed by atoms with Crippen LogP contribution < -0.4 is 11.5 Å². The van der Waals surface area contributed by atoms with Crippen LogP contribution in [0.2, 0.25) is 0 Å². The Morgan fingerprint density at radius 1 is 1.12 bits per heavy atom. The summed E-state index contributed by atoms with van der Waals surface area (Å²) in [7, 11) is -3.40. The first-order valence-electron chi connectivity index (χ1n) is 6.71. The van der Waals surface area contributed by atoms with Gasteiger partial charge in [-0.05, 0) is 31.5 Å². The van der Waals surface area contributed by atoms with Crippen molar-refractivity contribution in [1.82, 2.24) is 0 Å². The number of hydrogen-bond donors (Lipinski definition) is 3. The van der Waals surface area contributed by atoms with E-state index in [2.05, 4.69) is 9.63 Å². The van der Waals surface area contributed by atoms with Crippen LogP contribution in [0.15, 0.2) is 33.4 Å². The molecule has 0 bridgehead atoms. The van der Waals surface area contributed by atoms with Crippen molar-refractivity contribution in [2.24, 2.45) is 21.1 Å². The Morgan fingerprint density at radius 3 is 2.12 bits per heavy atom. The van der Waals surface area contributed by atoms with Crippen LogP contribution >= 0.6 is 0 Å². The van der Waals surface area contributed by atoms with Crippen LogP contribution in [0.1, 0.15) is 25.7 Å². The molecule has 144 valence electrons. The average molecular weight is 388 g/mol. The van der Waals surface area contributed by atoms with E-state index in [9.17, 15) is 26.4 Å². The van der Waals surface area contributed by atoms with Crippen molar-refractivity contribution in [3.05, 3.63) is 23.8 Å². The summed E-state index contributed by atoms with van der Waals surface area (Å²) in [5.41, 5.74) is 10.1. The molecule has 5 N–H and O–H groups in total. The SMILES string of the molecule is NCCCCCC(N)=O.O=C(O)C(F)(F)F.O=S1(=O)C=CC=CN=N1. The third-order valence-electron chi connectivity index (χ3n) is 2.05. The lowest BCUT2D eigenvalue weighted by atomic mass is 10.2. The molecule has 1 amide bonds. The van der Waals surface area contributed by atoms with Gasteiger partial charge in [0.2, 0.25) is 5.91 Å². The molecule has 1 aliphatic heterocycles. The van der Waals surface area contributed by atoms with Gasteiger partial charge in [0.15, 0.2) is 0 Å². The van der Waals surface area contributed by atoms with E-state index in [0.29, 0.717) is 13.0 Å². The number of nitrogens with zero attached hydrogens (tertiary/aromatic N) is 2. The lowest BCUT2D eigenvalue weighted by Crippen LogP contribution is -2.21. The molecule has 0 fully saturated rings. The molecule has 0 saturated heterocycles. The minimum absolute atomic E-state index is 0.216. The van der Waals surface area contributed by atoms with Crippen LogP contribution in [-0.2, 0) is 19.6 Å². The molecular weight excluding hydrogens is 369 g/mol. The highest BCUT2D eigenvalue weighted by molar-refractivity contribution is 7.92. The first-order valence-corrected chi connectivity index (χ1v) is 8.21. The number of carboxylic acid groups (broad SMARTS) is 1. The number of sulfonamides is 1. The molecular formula is C12H19F3N4O5S. The summed E-state index contributed by atoms with van der Waals surface area (Å²) >= 11 is 0. The Balaban J connectivity index is 0. The molecule has 0 radical (unpaired) electrons. The third-order valence-corrected chi connectivity index (χ3v) is 2.87. The van der Waals surface area contributed by atoms with E-state index in [1.54, 1.807) is 0 Å². The minimum Gasteiger partial charge on any atom is -0.475 e. The zero-order valence-corrected chi connectivity index (χ0v) is 13.8. The Morgan fingerprint density at radius 2 is 1.68 bits per heavy atom. The third kappa shape index (κ3) is 19.7. The van der Waals surface area contributed by atoms with Crippen LogP contribution in [-0.4, -0.2) is 38.1 Å². The van der Waals surface area contributed by atoms with Gasteiger partial charge in [0.05, 0.1) is 11.6 Å². The number of alkyl halides is 3. The first kappa shape index (κ1) is 25.0. The summed E-state index contributed by atoms with van der Waals surface area (Å²) in [6, 6.07) is 0. The number of aliphatic carboxylic acids is 1. The van der Waals surface area contributed by atoms with E-state index >= 15 is 0 Å². The molecule has 0 aliphatic carbocycles.